The maximum absolute atomic E-state index is 13.3. The molecule has 3 rings (SSSR count). The monoisotopic (exact) mass is 420 g/mol. The molecule has 0 saturated carbocycles. The van der Waals surface area contributed by atoms with E-state index in [9.17, 15) is 14.0 Å². The Labute approximate surface area is 181 Å². The van der Waals surface area contributed by atoms with Gasteiger partial charge in [0.15, 0.2) is 0 Å². The summed E-state index contributed by atoms with van der Waals surface area (Å²) in [5.41, 5.74) is 3.06. The highest BCUT2D eigenvalue weighted by atomic mass is 19.1. The van der Waals surface area contributed by atoms with Gasteiger partial charge in [-0.05, 0) is 53.1 Å². The Bertz CT molecular complexity index is 1030. The van der Waals surface area contributed by atoms with Crippen LogP contribution in [0.5, 0.6) is 5.75 Å². The van der Waals surface area contributed by atoms with Crippen LogP contribution in [-0.4, -0.2) is 30.9 Å². The lowest BCUT2D eigenvalue weighted by atomic mass is 10.1. The zero-order valence-corrected chi connectivity index (χ0v) is 17.6. The van der Waals surface area contributed by atoms with Crippen LogP contribution in [0.4, 0.5) is 4.39 Å². The van der Waals surface area contributed by atoms with Gasteiger partial charge in [0.05, 0.1) is 13.5 Å². The van der Waals surface area contributed by atoms with E-state index in [1.807, 2.05) is 36.4 Å². The molecule has 2 amide bonds. The van der Waals surface area contributed by atoms with Gasteiger partial charge in [0.25, 0.3) is 5.91 Å². The Morgan fingerprint density at radius 1 is 0.935 bits per heavy atom. The molecule has 0 radical (unpaired) electrons. The van der Waals surface area contributed by atoms with Crippen LogP contribution in [0.15, 0.2) is 72.8 Å². The molecule has 0 fully saturated rings. The number of carbonyl (C=O) groups is 2. The lowest BCUT2D eigenvalue weighted by Crippen LogP contribution is -2.26. The van der Waals surface area contributed by atoms with E-state index >= 15 is 0 Å². The second kappa shape index (κ2) is 10.4. The minimum Gasteiger partial charge on any atom is -0.497 e. The summed E-state index contributed by atoms with van der Waals surface area (Å²) in [5.74, 6) is 0.191. The first kappa shape index (κ1) is 22.0. The van der Waals surface area contributed by atoms with E-state index in [-0.39, 0.29) is 24.1 Å². The molecule has 0 spiro atoms. The predicted octanol–water partition coefficient (Wildman–Crippen LogP) is 3.97. The number of halogens is 1. The van der Waals surface area contributed by atoms with E-state index in [1.165, 1.54) is 12.1 Å². The second-order valence-corrected chi connectivity index (χ2v) is 7.29. The number of nitrogens with zero attached hydrogens (tertiary/aromatic N) is 1. The third-order valence-corrected chi connectivity index (χ3v) is 4.87. The molecule has 0 aliphatic rings. The van der Waals surface area contributed by atoms with Gasteiger partial charge in [-0.15, -0.1) is 0 Å². The standard InChI is InChI=1S/C25H25FN2O3/c1-28(17-20-4-3-5-22(26)14-20)25(30)21-10-6-19(7-11-21)16-27-24(29)15-18-8-12-23(31-2)13-9-18/h3-14H,15-17H2,1-2H3,(H,27,29). The molecule has 0 aliphatic heterocycles. The molecule has 0 bridgehead atoms. The average molecular weight is 420 g/mol. The third-order valence-electron chi connectivity index (χ3n) is 4.87. The SMILES string of the molecule is COc1ccc(CC(=O)NCc2ccc(C(=O)N(C)Cc3cccc(F)c3)cc2)cc1. The number of methoxy groups -OCH3 is 1. The highest BCUT2D eigenvalue weighted by Gasteiger charge is 2.12. The molecule has 0 heterocycles. The van der Waals surface area contributed by atoms with Crippen molar-refractivity contribution >= 4 is 11.8 Å². The zero-order valence-electron chi connectivity index (χ0n) is 17.6. The summed E-state index contributed by atoms with van der Waals surface area (Å²) in [7, 11) is 3.28. The first-order valence-electron chi connectivity index (χ1n) is 9.93. The van der Waals surface area contributed by atoms with Gasteiger partial charge in [0.1, 0.15) is 11.6 Å². The van der Waals surface area contributed by atoms with Crippen molar-refractivity contribution in [3.63, 3.8) is 0 Å². The van der Waals surface area contributed by atoms with Crippen molar-refractivity contribution in [3.8, 4) is 5.75 Å². The third kappa shape index (κ3) is 6.40. The molecule has 3 aromatic carbocycles. The van der Waals surface area contributed by atoms with Crippen LogP contribution in [0.25, 0.3) is 0 Å². The topological polar surface area (TPSA) is 58.6 Å². The van der Waals surface area contributed by atoms with Crippen LogP contribution in [-0.2, 0) is 24.3 Å². The van der Waals surface area contributed by atoms with E-state index < -0.39 is 0 Å². The van der Waals surface area contributed by atoms with Gasteiger partial charge in [-0.25, -0.2) is 4.39 Å². The number of nitrogens with one attached hydrogen (secondary N) is 1. The van der Waals surface area contributed by atoms with Crippen molar-refractivity contribution in [2.75, 3.05) is 14.2 Å². The molecule has 31 heavy (non-hydrogen) atoms. The maximum atomic E-state index is 13.3. The number of hydrogen-bond donors (Lipinski definition) is 1. The fourth-order valence-electron chi connectivity index (χ4n) is 3.16. The summed E-state index contributed by atoms with van der Waals surface area (Å²) in [4.78, 5) is 26.3. The molecule has 0 atom stereocenters. The van der Waals surface area contributed by atoms with Gasteiger partial charge in [0, 0.05) is 25.7 Å². The molecular weight excluding hydrogens is 395 g/mol. The minimum absolute atomic E-state index is 0.0832. The number of ether oxygens (including phenoxy) is 1. The fourth-order valence-corrected chi connectivity index (χ4v) is 3.16. The highest BCUT2D eigenvalue weighted by molar-refractivity contribution is 5.94. The highest BCUT2D eigenvalue weighted by Crippen LogP contribution is 2.13. The normalized spacial score (nSPS) is 10.4. The van der Waals surface area contributed by atoms with Gasteiger partial charge >= 0.3 is 0 Å². The Kier molecular flexibility index (Phi) is 7.38. The molecular formula is C25H25FN2O3. The molecule has 1 N–H and O–H groups in total. The molecule has 160 valence electrons. The van der Waals surface area contributed by atoms with Crippen LogP contribution in [0, 0.1) is 5.82 Å². The molecule has 0 aliphatic carbocycles. The summed E-state index contributed by atoms with van der Waals surface area (Å²) in [5, 5.41) is 2.88. The Balaban J connectivity index is 1.50. The molecule has 3 aromatic rings. The van der Waals surface area contributed by atoms with E-state index in [2.05, 4.69) is 5.32 Å². The summed E-state index contributed by atoms with van der Waals surface area (Å²) in [6, 6.07) is 20.7. The van der Waals surface area contributed by atoms with Crippen molar-refractivity contribution < 1.29 is 18.7 Å². The Morgan fingerprint density at radius 3 is 2.26 bits per heavy atom. The quantitative estimate of drug-likeness (QED) is 0.600. The van der Waals surface area contributed by atoms with Crippen LogP contribution >= 0.6 is 0 Å². The Morgan fingerprint density at radius 2 is 1.61 bits per heavy atom. The number of amides is 2. The predicted molar refractivity (Wildman–Crippen MR) is 117 cm³/mol. The van der Waals surface area contributed by atoms with Crippen LogP contribution in [0.2, 0.25) is 0 Å². The molecule has 5 nitrogen and oxygen atoms in total. The van der Waals surface area contributed by atoms with E-state index in [0.29, 0.717) is 18.7 Å². The number of carbonyl (C=O) groups excluding carboxylic acids is 2. The molecule has 0 saturated heterocycles. The largest absolute Gasteiger partial charge is 0.497 e. The lowest BCUT2D eigenvalue weighted by molar-refractivity contribution is -0.120. The van der Waals surface area contributed by atoms with Crippen LogP contribution in [0.3, 0.4) is 0 Å². The average Bonchev–Trinajstić information content (AvgIpc) is 2.78. The van der Waals surface area contributed by atoms with E-state index in [4.69, 9.17) is 4.74 Å². The Hall–Kier alpha value is -3.67. The van der Waals surface area contributed by atoms with Gasteiger partial charge in [0.2, 0.25) is 5.91 Å². The number of benzene rings is 3. The lowest BCUT2D eigenvalue weighted by Gasteiger charge is -2.17. The second-order valence-electron chi connectivity index (χ2n) is 7.29. The molecule has 6 heteroatoms. The number of hydrogen-bond acceptors (Lipinski definition) is 3. The van der Waals surface area contributed by atoms with Gasteiger partial charge < -0.3 is 15.0 Å². The van der Waals surface area contributed by atoms with Gasteiger partial charge in [-0.2, -0.15) is 0 Å². The van der Waals surface area contributed by atoms with Crippen molar-refractivity contribution in [1.29, 1.82) is 0 Å². The summed E-state index contributed by atoms with van der Waals surface area (Å²) in [6.45, 7) is 0.697. The van der Waals surface area contributed by atoms with Crippen LogP contribution < -0.4 is 10.1 Å². The van der Waals surface area contributed by atoms with Crippen LogP contribution in [0.1, 0.15) is 27.0 Å². The molecule has 0 unspecified atom stereocenters. The first-order chi connectivity index (χ1) is 14.9. The van der Waals surface area contributed by atoms with Gasteiger partial charge in [-0.1, -0.05) is 36.4 Å². The van der Waals surface area contributed by atoms with Gasteiger partial charge in [-0.3, -0.25) is 9.59 Å². The summed E-state index contributed by atoms with van der Waals surface area (Å²) >= 11 is 0. The van der Waals surface area contributed by atoms with Crippen molar-refractivity contribution in [2.45, 2.75) is 19.5 Å². The van der Waals surface area contributed by atoms with E-state index in [0.717, 1.165) is 22.4 Å². The minimum atomic E-state index is -0.322. The summed E-state index contributed by atoms with van der Waals surface area (Å²) in [6.07, 6.45) is 0.283. The first-order valence-corrected chi connectivity index (χ1v) is 9.93. The summed E-state index contributed by atoms with van der Waals surface area (Å²) < 4.78 is 18.4. The van der Waals surface area contributed by atoms with Crippen molar-refractivity contribution in [2.24, 2.45) is 0 Å². The number of rotatable bonds is 8. The van der Waals surface area contributed by atoms with E-state index in [1.54, 1.807) is 43.3 Å². The van der Waals surface area contributed by atoms with Crippen molar-refractivity contribution in [3.05, 3.63) is 101 Å². The zero-order chi connectivity index (χ0) is 22.2. The van der Waals surface area contributed by atoms with Crippen molar-refractivity contribution in [1.82, 2.24) is 10.2 Å². The molecule has 0 aromatic heterocycles. The maximum Gasteiger partial charge on any atom is 0.253 e. The smallest absolute Gasteiger partial charge is 0.253 e. The fraction of sp³-hybridized carbons (Fsp3) is 0.200.